The van der Waals surface area contributed by atoms with Gasteiger partial charge < -0.3 is 25.8 Å². The SMILES string of the molecule is COc1cccc(CNCCN(CCN)CCNCc2cccc(OC)c2)c1. The van der Waals surface area contributed by atoms with Crippen LogP contribution in [-0.4, -0.2) is 58.4 Å². The highest BCUT2D eigenvalue weighted by Gasteiger charge is 2.04. The maximum absolute atomic E-state index is 5.77. The van der Waals surface area contributed by atoms with Crippen molar-refractivity contribution in [3.63, 3.8) is 0 Å². The van der Waals surface area contributed by atoms with E-state index in [1.165, 1.54) is 11.1 Å². The molecule has 2 aromatic carbocycles. The Morgan fingerprint density at radius 1 is 0.786 bits per heavy atom. The van der Waals surface area contributed by atoms with Gasteiger partial charge >= 0.3 is 0 Å². The molecule has 6 heteroatoms. The number of nitrogens with one attached hydrogen (secondary N) is 2. The summed E-state index contributed by atoms with van der Waals surface area (Å²) in [7, 11) is 3.39. The molecule has 0 atom stereocenters. The second-order valence-corrected chi connectivity index (χ2v) is 6.69. The lowest BCUT2D eigenvalue weighted by atomic mass is 10.2. The topological polar surface area (TPSA) is 71.8 Å². The van der Waals surface area contributed by atoms with E-state index in [9.17, 15) is 0 Å². The third-order valence-corrected chi connectivity index (χ3v) is 4.58. The molecule has 154 valence electrons. The van der Waals surface area contributed by atoms with Crippen molar-refractivity contribution in [2.45, 2.75) is 13.1 Å². The molecule has 2 rings (SSSR count). The molecule has 0 saturated heterocycles. The fraction of sp³-hybridized carbons (Fsp3) is 0.455. The maximum atomic E-state index is 5.77. The Morgan fingerprint density at radius 2 is 1.29 bits per heavy atom. The summed E-state index contributed by atoms with van der Waals surface area (Å²) in [4.78, 5) is 2.39. The predicted octanol–water partition coefficient (Wildman–Crippen LogP) is 1.84. The van der Waals surface area contributed by atoms with E-state index in [1.807, 2.05) is 24.3 Å². The van der Waals surface area contributed by atoms with Gasteiger partial charge in [-0.25, -0.2) is 0 Å². The van der Waals surface area contributed by atoms with Gasteiger partial charge in [-0.15, -0.1) is 0 Å². The van der Waals surface area contributed by atoms with E-state index >= 15 is 0 Å². The smallest absolute Gasteiger partial charge is 0.119 e. The van der Waals surface area contributed by atoms with Gasteiger partial charge in [0, 0.05) is 52.4 Å². The molecule has 0 fully saturated rings. The first-order chi connectivity index (χ1) is 13.7. The highest BCUT2D eigenvalue weighted by Crippen LogP contribution is 2.12. The van der Waals surface area contributed by atoms with Crippen LogP contribution in [-0.2, 0) is 13.1 Å². The molecule has 0 spiro atoms. The molecule has 4 N–H and O–H groups in total. The molecule has 0 unspecified atom stereocenters. The van der Waals surface area contributed by atoms with Gasteiger partial charge in [-0.2, -0.15) is 0 Å². The monoisotopic (exact) mass is 386 g/mol. The molecule has 0 aromatic heterocycles. The van der Waals surface area contributed by atoms with Gasteiger partial charge in [-0.1, -0.05) is 24.3 Å². The third kappa shape index (κ3) is 8.27. The van der Waals surface area contributed by atoms with Crippen LogP contribution in [0, 0.1) is 0 Å². The van der Waals surface area contributed by atoms with Gasteiger partial charge in [-0.05, 0) is 35.4 Å². The zero-order valence-corrected chi connectivity index (χ0v) is 17.1. The number of nitrogens with two attached hydrogens (primary N) is 1. The molecule has 2 aromatic rings. The summed E-state index contributed by atoms with van der Waals surface area (Å²) in [6.45, 7) is 7.04. The molecule has 0 saturated carbocycles. The van der Waals surface area contributed by atoms with Crippen molar-refractivity contribution < 1.29 is 9.47 Å². The van der Waals surface area contributed by atoms with E-state index < -0.39 is 0 Å². The lowest BCUT2D eigenvalue weighted by Crippen LogP contribution is -2.39. The van der Waals surface area contributed by atoms with Crippen LogP contribution in [0.25, 0.3) is 0 Å². The molecule has 0 aliphatic carbocycles. The number of hydrogen-bond donors (Lipinski definition) is 3. The van der Waals surface area contributed by atoms with Gasteiger partial charge in [0.1, 0.15) is 11.5 Å². The molecule has 6 nitrogen and oxygen atoms in total. The average molecular weight is 387 g/mol. The van der Waals surface area contributed by atoms with Crippen LogP contribution in [0.5, 0.6) is 11.5 Å². The van der Waals surface area contributed by atoms with E-state index in [0.29, 0.717) is 6.54 Å². The maximum Gasteiger partial charge on any atom is 0.119 e. The summed E-state index contributed by atoms with van der Waals surface area (Å²) in [6, 6.07) is 16.3. The van der Waals surface area contributed by atoms with Gasteiger partial charge in [-0.3, -0.25) is 4.90 Å². The van der Waals surface area contributed by atoms with Gasteiger partial charge in [0.05, 0.1) is 14.2 Å². The van der Waals surface area contributed by atoms with Crippen LogP contribution >= 0.6 is 0 Å². The molecule has 0 heterocycles. The van der Waals surface area contributed by atoms with Gasteiger partial charge in [0.15, 0.2) is 0 Å². The highest BCUT2D eigenvalue weighted by molar-refractivity contribution is 5.29. The highest BCUT2D eigenvalue weighted by atomic mass is 16.5. The van der Waals surface area contributed by atoms with Crippen LogP contribution < -0.4 is 25.8 Å². The van der Waals surface area contributed by atoms with Crippen molar-refractivity contribution in [3.8, 4) is 11.5 Å². The number of nitrogens with zero attached hydrogens (tertiary/aromatic N) is 1. The Morgan fingerprint density at radius 3 is 1.71 bits per heavy atom. The van der Waals surface area contributed by atoms with Crippen molar-refractivity contribution >= 4 is 0 Å². The number of hydrogen-bond acceptors (Lipinski definition) is 6. The zero-order chi connectivity index (χ0) is 20.0. The molecule has 0 radical (unpaired) electrons. The van der Waals surface area contributed by atoms with E-state index in [-0.39, 0.29) is 0 Å². The Labute approximate surface area is 169 Å². The average Bonchev–Trinajstić information content (AvgIpc) is 2.74. The van der Waals surface area contributed by atoms with Crippen LogP contribution in [0.4, 0.5) is 0 Å². The Hall–Kier alpha value is -2.12. The molecular formula is C22H34N4O2. The van der Waals surface area contributed by atoms with E-state index in [4.69, 9.17) is 15.2 Å². The fourth-order valence-electron chi connectivity index (χ4n) is 3.02. The quantitative estimate of drug-likeness (QED) is 0.431. The molecule has 0 aliphatic heterocycles. The van der Waals surface area contributed by atoms with E-state index in [2.05, 4.69) is 39.8 Å². The molecule has 0 bridgehead atoms. The van der Waals surface area contributed by atoms with E-state index in [1.54, 1.807) is 14.2 Å². The summed E-state index contributed by atoms with van der Waals surface area (Å²) >= 11 is 0. The first-order valence-corrected chi connectivity index (χ1v) is 9.85. The van der Waals surface area contributed by atoms with Crippen LogP contribution in [0.2, 0.25) is 0 Å². The minimum absolute atomic E-state index is 0.672. The van der Waals surface area contributed by atoms with E-state index in [0.717, 1.165) is 57.3 Å². The van der Waals surface area contributed by atoms with Crippen LogP contribution in [0.15, 0.2) is 48.5 Å². The first-order valence-electron chi connectivity index (χ1n) is 9.85. The number of benzene rings is 2. The number of ether oxygens (including phenoxy) is 2. The molecule has 0 amide bonds. The summed E-state index contributed by atoms with van der Waals surface area (Å²) in [5.74, 6) is 1.79. The third-order valence-electron chi connectivity index (χ3n) is 4.58. The lowest BCUT2D eigenvalue weighted by molar-refractivity contribution is 0.279. The van der Waals surface area contributed by atoms with Crippen LogP contribution in [0.1, 0.15) is 11.1 Å². The number of methoxy groups -OCH3 is 2. The van der Waals surface area contributed by atoms with Crippen molar-refractivity contribution in [2.24, 2.45) is 5.73 Å². The number of rotatable bonds is 14. The zero-order valence-electron chi connectivity index (χ0n) is 17.1. The van der Waals surface area contributed by atoms with Crippen molar-refractivity contribution in [1.29, 1.82) is 0 Å². The predicted molar refractivity (Wildman–Crippen MR) is 115 cm³/mol. The summed E-state index contributed by atoms with van der Waals surface area (Å²) in [6.07, 6.45) is 0. The standard InChI is InChI=1S/C22H34N4O2/c1-27-21-7-3-5-19(15-21)17-24-10-13-26(12-9-23)14-11-25-18-20-6-4-8-22(16-20)28-2/h3-8,15-16,24-25H,9-14,17-18,23H2,1-2H3. The van der Waals surface area contributed by atoms with Gasteiger partial charge in [0.25, 0.3) is 0 Å². The Bertz CT molecular complexity index is 626. The van der Waals surface area contributed by atoms with Gasteiger partial charge in [0.2, 0.25) is 0 Å². The minimum Gasteiger partial charge on any atom is -0.497 e. The van der Waals surface area contributed by atoms with Crippen molar-refractivity contribution in [1.82, 2.24) is 15.5 Å². The van der Waals surface area contributed by atoms with Crippen molar-refractivity contribution in [3.05, 3.63) is 59.7 Å². The van der Waals surface area contributed by atoms with Crippen LogP contribution in [0.3, 0.4) is 0 Å². The normalized spacial score (nSPS) is 11.0. The molecule has 28 heavy (non-hydrogen) atoms. The summed E-state index contributed by atoms with van der Waals surface area (Å²) in [5, 5.41) is 7.00. The van der Waals surface area contributed by atoms with Crippen molar-refractivity contribution in [2.75, 3.05) is 53.5 Å². The first kappa shape index (κ1) is 22.2. The fourth-order valence-corrected chi connectivity index (χ4v) is 3.02. The molecule has 0 aliphatic rings. The Kier molecular flexibility index (Phi) is 10.4. The summed E-state index contributed by atoms with van der Waals surface area (Å²) < 4.78 is 10.5. The summed E-state index contributed by atoms with van der Waals surface area (Å²) in [5.41, 5.74) is 8.23. The molecular weight excluding hydrogens is 352 g/mol. The Balaban J connectivity index is 1.64. The largest absolute Gasteiger partial charge is 0.497 e. The minimum atomic E-state index is 0.672. The second-order valence-electron chi connectivity index (χ2n) is 6.69. The second kappa shape index (κ2) is 13.1. The lowest BCUT2D eigenvalue weighted by Gasteiger charge is -2.22.